The Labute approximate surface area is 179 Å². The predicted octanol–water partition coefficient (Wildman–Crippen LogP) is 4.14. The van der Waals surface area contributed by atoms with Crippen LogP contribution in [0.3, 0.4) is 0 Å². The molecule has 2 bridgehead atoms. The van der Waals surface area contributed by atoms with Gasteiger partial charge < -0.3 is 10.1 Å². The molecule has 0 spiro atoms. The molecule has 4 atom stereocenters. The number of ether oxygens (including phenoxy) is 1. The van der Waals surface area contributed by atoms with Gasteiger partial charge in [-0.1, -0.05) is 11.6 Å². The van der Waals surface area contributed by atoms with E-state index in [9.17, 15) is 14.4 Å². The van der Waals surface area contributed by atoms with Crippen molar-refractivity contribution in [3.8, 4) is 5.75 Å². The van der Waals surface area contributed by atoms with Gasteiger partial charge in [-0.15, -0.1) is 0 Å². The Morgan fingerprint density at radius 2 is 1.67 bits per heavy atom. The summed E-state index contributed by atoms with van der Waals surface area (Å²) >= 11 is 6.01. The largest absolute Gasteiger partial charge is 0.495 e. The molecule has 2 saturated carbocycles. The first-order chi connectivity index (χ1) is 14.5. The van der Waals surface area contributed by atoms with Crippen molar-refractivity contribution >= 4 is 40.7 Å². The number of methoxy groups -OCH3 is 1. The number of anilines is 2. The second-order valence-electron chi connectivity index (χ2n) is 8.24. The zero-order valence-electron chi connectivity index (χ0n) is 16.4. The number of nitrogens with one attached hydrogen (secondary N) is 1. The number of amides is 3. The summed E-state index contributed by atoms with van der Waals surface area (Å²) in [6.45, 7) is 0. The SMILES string of the molecule is COc1ccc(Cl)cc1NC(=O)c1ccc(N2C(=O)[C@@H]3[C@H]4CC[C@@H](C4)[C@@H]3C2=O)cc1. The second kappa shape index (κ2) is 7.13. The van der Waals surface area contributed by atoms with Crippen molar-refractivity contribution in [2.24, 2.45) is 23.7 Å². The van der Waals surface area contributed by atoms with Gasteiger partial charge in [-0.3, -0.25) is 19.3 Å². The standard InChI is InChI=1S/C23H21ClN2O4/c1-30-18-9-6-15(24)11-17(18)25-21(27)12-4-7-16(8-5-12)26-22(28)19-13-2-3-14(10-13)20(19)23(26)29/h4-9,11,13-14,19-20H,2-3,10H2,1H3,(H,25,27)/t13-,14-,19-,20+/m0/s1. The number of imide groups is 1. The Morgan fingerprint density at radius 3 is 2.27 bits per heavy atom. The number of carbonyl (C=O) groups excluding carboxylic acids is 3. The lowest BCUT2D eigenvalue weighted by Gasteiger charge is -2.19. The maximum absolute atomic E-state index is 12.9. The van der Waals surface area contributed by atoms with Gasteiger partial charge in [-0.25, -0.2) is 0 Å². The number of hydrogen-bond donors (Lipinski definition) is 1. The van der Waals surface area contributed by atoms with Gasteiger partial charge in [-0.05, 0) is 73.6 Å². The van der Waals surface area contributed by atoms with Crippen LogP contribution in [0, 0.1) is 23.7 Å². The lowest BCUT2D eigenvalue weighted by Crippen LogP contribution is -2.32. The van der Waals surface area contributed by atoms with E-state index in [0.717, 1.165) is 19.3 Å². The van der Waals surface area contributed by atoms with E-state index in [1.165, 1.54) is 12.0 Å². The average Bonchev–Trinajstić information content (AvgIpc) is 3.42. The highest BCUT2D eigenvalue weighted by Crippen LogP contribution is 2.56. The van der Waals surface area contributed by atoms with Crippen molar-refractivity contribution < 1.29 is 19.1 Å². The molecule has 3 aliphatic rings. The van der Waals surface area contributed by atoms with Crippen LogP contribution in [0.25, 0.3) is 0 Å². The molecule has 0 aromatic heterocycles. The molecule has 1 heterocycles. The molecule has 1 aliphatic heterocycles. The maximum Gasteiger partial charge on any atom is 0.255 e. The van der Waals surface area contributed by atoms with Gasteiger partial charge in [0.1, 0.15) is 5.75 Å². The third-order valence-corrected chi connectivity index (χ3v) is 6.96. The van der Waals surface area contributed by atoms with Gasteiger partial charge in [0, 0.05) is 10.6 Å². The van der Waals surface area contributed by atoms with Crippen LogP contribution in [-0.2, 0) is 9.59 Å². The fraction of sp³-hybridized carbons (Fsp3) is 0.348. The van der Waals surface area contributed by atoms with Crippen molar-refractivity contribution in [3.05, 3.63) is 53.1 Å². The Kier molecular flexibility index (Phi) is 4.54. The molecule has 3 fully saturated rings. The Morgan fingerprint density at radius 1 is 1.03 bits per heavy atom. The monoisotopic (exact) mass is 424 g/mol. The van der Waals surface area contributed by atoms with Crippen molar-refractivity contribution in [1.82, 2.24) is 0 Å². The van der Waals surface area contributed by atoms with E-state index < -0.39 is 0 Å². The minimum absolute atomic E-state index is 0.0851. The highest BCUT2D eigenvalue weighted by Gasteiger charge is 2.61. The van der Waals surface area contributed by atoms with Gasteiger partial charge in [-0.2, -0.15) is 0 Å². The van der Waals surface area contributed by atoms with E-state index in [-0.39, 0.29) is 29.6 Å². The first kappa shape index (κ1) is 19.1. The summed E-state index contributed by atoms with van der Waals surface area (Å²) in [6.07, 6.45) is 3.10. The van der Waals surface area contributed by atoms with Gasteiger partial charge >= 0.3 is 0 Å². The second-order valence-corrected chi connectivity index (χ2v) is 8.68. The summed E-state index contributed by atoms with van der Waals surface area (Å²) < 4.78 is 5.25. The van der Waals surface area contributed by atoms with Crippen molar-refractivity contribution in [2.75, 3.05) is 17.3 Å². The van der Waals surface area contributed by atoms with E-state index in [1.807, 2.05) is 0 Å². The molecule has 154 valence electrons. The van der Waals surface area contributed by atoms with Crippen LogP contribution in [0.15, 0.2) is 42.5 Å². The Balaban J connectivity index is 1.35. The Hall–Kier alpha value is -2.86. The van der Waals surface area contributed by atoms with Crippen LogP contribution in [0.2, 0.25) is 5.02 Å². The van der Waals surface area contributed by atoms with Gasteiger partial charge in [0.15, 0.2) is 0 Å². The molecule has 7 heteroatoms. The zero-order chi connectivity index (χ0) is 21.0. The lowest BCUT2D eigenvalue weighted by atomic mass is 9.81. The van der Waals surface area contributed by atoms with E-state index >= 15 is 0 Å². The summed E-state index contributed by atoms with van der Waals surface area (Å²) in [5, 5.41) is 3.26. The molecule has 3 amide bonds. The topological polar surface area (TPSA) is 75.7 Å². The average molecular weight is 425 g/mol. The molecule has 2 aromatic carbocycles. The number of hydrogen-bond acceptors (Lipinski definition) is 4. The molecule has 2 aromatic rings. The molecule has 1 saturated heterocycles. The van der Waals surface area contributed by atoms with Gasteiger partial charge in [0.05, 0.1) is 30.3 Å². The van der Waals surface area contributed by atoms with Crippen LogP contribution in [0.1, 0.15) is 29.6 Å². The number of fused-ring (bicyclic) bond motifs is 5. The summed E-state index contributed by atoms with van der Waals surface area (Å²) in [7, 11) is 1.51. The van der Waals surface area contributed by atoms with Crippen LogP contribution in [-0.4, -0.2) is 24.8 Å². The van der Waals surface area contributed by atoms with E-state index in [1.54, 1.807) is 42.5 Å². The summed E-state index contributed by atoms with van der Waals surface area (Å²) in [6, 6.07) is 11.5. The third-order valence-electron chi connectivity index (χ3n) is 6.72. The number of carbonyl (C=O) groups is 3. The van der Waals surface area contributed by atoms with Crippen LogP contribution in [0.4, 0.5) is 11.4 Å². The molecule has 0 radical (unpaired) electrons. The highest BCUT2D eigenvalue weighted by molar-refractivity contribution is 6.31. The minimum Gasteiger partial charge on any atom is -0.495 e. The van der Waals surface area contributed by atoms with E-state index in [4.69, 9.17) is 16.3 Å². The summed E-state index contributed by atoms with van der Waals surface area (Å²) in [5.41, 5.74) is 1.39. The zero-order valence-corrected chi connectivity index (χ0v) is 17.2. The van der Waals surface area contributed by atoms with Crippen molar-refractivity contribution in [3.63, 3.8) is 0 Å². The van der Waals surface area contributed by atoms with Crippen molar-refractivity contribution in [1.29, 1.82) is 0 Å². The molecular formula is C23H21ClN2O4. The summed E-state index contributed by atoms with van der Waals surface area (Å²) in [5.74, 6) is 0.369. The van der Waals surface area contributed by atoms with Crippen LogP contribution < -0.4 is 15.0 Å². The molecule has 0 unspecified atom stereocenters. The van der Waals surface area contributed by atoms with E-state index in [0.29, 0.717) is 39.5 Å². The van der Waals surface area contributed by atoms with E-state index in [2.05, 4.69) is 5.32 Å². The first-order valence-corrected chi connectivity index (χ1v) is 10.5. The lowest BCUT2D eigenvalue weighted by molar-refractivity contribution is -0.123. The predicted molar refractivity (Wildman–Crippen MR) is 113 cm³/mol. The minimum atomic E-state index is -0.337. The molecular weight excluding hydrogens is 404 g/mol. The maximum atomic E-state index is 12.9. The molecule has 1 N–H and O–H groups in total. The smallest absolute Gasteiger partial charge is 0.255 e. The third kappa shape index (κ3) is 2.89. The number of rotatable bonds is 4. The van der Waals surface area contributed by atoms with Crippen molar-refractivity contribution in [2.45, 2.75) is 19.3 Å². The number of nitrogens with zero attached hydrogens (tertiary/aromatic N) is 1. The number of halogens is 1. The van der Waals surface area contributed by atoms with Gasteiger partial charge in [0.2, 0.25) is 11.8 Å². The quantitative estimate of drug-likeness (QED) is 0.748. The van der Waals surface area contributed by atoms with Crippen LogP contribution in [0.5, 0.6) is 5.75 Å². The highest BCUT2D eigenvalue weighted by atomic mass is 35.5. The fourth-order valence-corrected chi connectivity index (χ4v) is 5.57. The first-order valence-electron chi connectivity index (χ1n) is 10.1. The van der Waals surface area contributed by atoms with Crippen LogP contribution >= 0.6 is 11.6 Å². The normalized spacial score (nSPS) is 26.8. The summed E-state index contributed by atoms with van der Waals surface area (Å²) in [4.78, 5) is 39.9. The number of benzene rings is 2. The molecule has 5 rings (SSSR count). The molecule has 30 heavy (non-hydrogen) atoms. The molecule has 2 aliphatic carbocycles. The Bertz CT molecular complexity index is 1020. The molecule has 6 nitrogen and oxygen atoms in total. The fourth-order valence-electron chi connectivity index (χ4n) is 5.40. The van der Waals surface area contributed by atoms with Gasteiger partial charge in [0.25, 0.3) is 5.91 Å².